The maximum atomic E-state index is 5.72. The third-order valence-corrected chi connectivity index (χ3v) is 2.80. The number of hydrogen-bond acceptors (Lipinski definition) is 5. The maximum Gasteiger partial charge on any atom is 0.222 e. The lowest BCUT2D eigenvalue weighted by Gasteiger charge is -2.02. The molecule has 0 atom stereocenters. The predicted molar refractivity (Wildman–Crippen MR) is 67.7 cm³/mol. The van der Waals surface area contributed by atoms with E-state index in [2.05, 4.69) is 32.0 Å². The highest BCUT2D eigenvalue weighted by atomic mass is 15.3. The molecule has 0 bridgehead atoms. The summed E-state index contributed by atoms with van der Waals surface area (Å²) in [4.78, 5) is 15.5. The molecule has 92 valence electrons. The second-order valence-electron chi connectivity index (χ2n) is 4.05. The minimum absolute atomic E-state index is 0.218. The molecule has 3 aromatic heterocycles. The van der Waals surface area contributed by atoms with Crippen molar-refractivity contribution in [1.82, 2.24) is 29.7 Å². The SMILES string of the molecule is CCc1nn(C)cc1-c1nc(N)nc2nc[nH]c12. The number of aromatic amines is 1. The lowest BCUT2D eigenvalue weighted by molar-refractivity contribution is 0.746. The monoisotopic (exact) mass is 243 g/mol. The number of fused-ring (bicyclic) bond motifs is 1. The first kappa shape index (κ1) is 10.7. The van der Waals surface area contributed by atoms with E-state index in [0.717, 1.165) is 28.9 Å². The van der Waals surface area contributed by atoms with Crippen LogP contribution in [0.2, 0.25) is 0 Å². The smallest absolute Gasteiger partial charge is 0.222 e. The first-order valence-electron chi connectivity index (χ1n) is 5.68. The van der Waals surface area contributed by atoms with Crippen molar-refractivity contribution in [1.29, 1.82) is 0 Å². The van der Waals surface area contributed by atoms with Crippen LogP contribution < -0.4 is 5.73 Å². The third-order valence-electron chi connectivity index (χ3n) is 2.80. The largest absolute Gasteiger partial charge is 0.368 e. The van der Waals surface area contributed by atoms with E-state index in [9.17, 15) is 0 Å². The predicted octanol–water partition coefficient (Wildman–Crippen LogP) is 0.898. The Hall–Kier alpha value is -2.44. The summed E-state index contributed by atoms with van der Waals surface area (Å²) in [6.07, 6.45) is 4.35. The zero-order valence-corrected chi connectivity index (χ0v) is 10.2. The number of nitrogens with one attached hydrogen (secondary N) is 1. The van der Waals surface area contributed by atoms with E-state index >= 15 is 0 Å². The topological polar surface area (TPSA) is 98.3 Å². The van der Waals surface area contributed by atoms with Crippen molar-refractivity contribution >= 4 is 17.1 Å². The molecule has 0 aliphatic heterocycles. The van der Waals surface area contributed by atoms with Gasteiger partial charge in [-0.2, -0.15) is 10.1 Å². The Balaban J connectivity index is 2.33. The van der Waals surface area contributed by atoms with Crippen molar-refractivity contribution in [3.8, 4) is 11.3 Å². The molecule has 0 fully saturated rings. The molecule has 0 radical (unpaired) electrons. The second kappa shape index (κ2) is 3.80. The van der Waals surface area contributed by atoms with Crippen LogP contribution in [0.1, 0.15) is 12.6 Å². The number of aromatic nitrogens is 6. The Morgan fingerprint density at radius 1 is 1.39 bits per heavy atom. The van der Waals surface area contributed by atoms with Gasteiger partial charge in [-0.1, -0.05) is 6.92 Å². The lowest BCUT2D eigenvalue weighted by Crippen LogP contribution is -1.98. The van der Waals surface area contributed by atoms with Crippen LogP contribution in [0, 0.1) is 0 Å². The van der Waals surface area contributed by atoms with Gasteiger partial charge in [0.05, 0.1) is 12.0 Å². The van der Waals surface area contributed by atoms with Crippen LogP contribution in [-0.4, -0.2) is 29.7 Å². The normalized spacial score (nSPS) is 11.2. The maximum absolute atomic E-state index is 5.72. The number of hydrogen-bond donors (Lipinski definition) is 2. The highest BCUT2D eigenvalue weighted by Gasteiger charge is 2.15. The Kier molecular flexibility index (Phi) is 2.26. The Bertz CT molecular complexity index is 709. The average molecular weight is 243 g/mol. The molecule has 3 N–H and O–H groups in total. The molecule has 3 aromatic rings. The van der Waals surface area contributed by atoms with Crippen molar-refractivity contribution in [3.05, 3.63) is 18.2 Å². The lowest BCUT2D eigenvalue weighted by atomic mass is 10.1. The summed E-state index contributed by atoms with van der Waals surface area (Å²) < 4.78 is 1.77. The molecule has 0 amide bonds. The van der Waals surface area contributed by atoms with Gasteiger partial charge in [0, 0.05) is 18.8 Å². The molecule has 0 saturated heterocycles. The zero-order valence-electron chi connectivity index (χ0n) is 10.2. The number of rotatable bonds is 2. The number of nitrogens with two attached hydrogens (primary N) is 1. The fraction of sp³-hybridized carbons (Fsp3) is 0.273. The second-order valence-corrected chi connectivity index (χ2v) is 4.05. The van der Waals surface area contributed by atoms with E-state index in [1.165, 1.54) is 0 Å². The number of imidazole rings is 1. The van der Waals surface area contributed by atoms with E-state index in [-0.39, 0.29) is 5.95 Å². The first-order chi connectivity index (χ1) is 8.69. The van der Waals surface area contributed by atoms with Crippen LogP contribution in [0.5, 0.6) is 0 Å². The summed E-state index contributed by atoms with van der Waals surface area (Å²) in [5, 5.41) is 4.41. The summed E-state index contributed by atoms with van der Waals surface area (Å²) in [5.74, 6) is 0.218. The third kappa shape index (κ3) is 1.52. The number of anilines is 1. The molecule has 0 aliphatic carbocycles. The Labute approximate surface area is 103 Å². The molecule has 18 heavy (non-hydrogen) atoms. The van der Waals surface area contributed by atoms with Crippen molar-refractivity contribution < 1.29 is 0 Å². The molecule has 0 unspecified atom stereocenters. The summed E-state index contributed by atoms with van der Waals surface area (Å²) in [5.41, 5.74) is 9.76. The summed E-state index contributed by atoms with van der Waals surface area (Å²) in [6, 6.07) is 0. The molecule has 3 heterocycles. The minimum Gasteiger partial charge on any atom is -0.368 e. The quantitative estimate of drug-likeness (QED) is 0.696. The van der Waals surface area contributed by atoms with Crippen molar-refractivity contribution in [2.45, 2.75) is 13.3 Å². The molecule has 0 aromatic carbocycles. The van der Waals surface area contributed by atoms with Gasteiger partial charge in [0.15, 0.2) is 5.65 Å². The van der Waals surface area contributed by atoms with Gasteiger partial charge in [-0.15, -0.1) is 0 Å². The van der Waals surface area contributed by atoms with Gasteiger partial charge in [-0.25, -0.2) is 9.97 Å². The molecular formula is C11H13N7. The molecule has 7 heteroatoms. The molecule has 7 nitrogen and oxygen atoms in total. The molecular weight excluding hydrogens is 230 g/mol. The van der Waals surface area contributed by atoms with E-state index in [1.54, 1.807) is 11.0 Å². The van der Waals surface area contributed by atoms with Gasteiger partial charge >= 0.3 is 0 Å². The van der Waals surface area contributed by atoms with Gasteiger partial charge in [-0.05, 0) is 6.42 Å². The van der Waals surface area contributed by atoms with E-state index in [1.807, 2.05) is 13.2 Å². The van der Waals surface area contributed by atoms with Crippen LogP contribution in [0.4, 0.5) is 5.95 Å². The zero-order chi connectivity index (χ0) is 12.7. The molecule has 0 saturated carbocycles. The fourth-order valence-electron chi connectivity index (χ4n) is 2.04. The van der Waals surface area contributed by atoms with Gasteiger partial charge in [0.25, 0.3) is 0 Å². The van der Waals surface area contributed by atoms with Crippen molar-refractivity contribution in [2.24, 2.45) is 7.05 Å². The van der Waals surface area contributed by atoms with Crippen LogP contribution in [0.25, 0.3) is 22.4 Å². The first-order valence-corrected chi connectivity index (χ1v) is 5.68. The van der Waals surface area contributed by atoms with Gasteiger partial charge < -0.3 is 10.7 Å². The average Bonchev–Trinajstić information content (AvgIpc) is 2.93. The van der Waals surface area contributed by atoms with Gasteiger partial charge in [-0.3, -0.25) is 4.68 Å². The van der Waals surface area contributed by atoms with Crippen molar-refractivity contribution in [3.63, 3.8) is 0 Å². The van der Waals surface area contributed by atoms with Gasteiger partial charge in [0.1, 0.15) is 11.2 Å². The van der Waals surface area contributed by atoms with Gasteiger partial charge in [0.2, 0.25) is 5.95 Å². The molecule has 0 aliphatic rings. The van der Waals surface area contributed by atoms with Crippen molar-refractivity contribution in [2.75, 3.05) is 5.73 Å². The highest BCUT2D eigenvalue weighted by Crippen LogP contribution is 2.27. The molecule has 3 rings (SSSR count). The fourth-order valence-corrected chi connectivity index (χ4v) is 2.04. The number of H-pyrrole nitrogens is 1. The number of nitrogen functional groups attached to an aromatic ring is 1. The van der Waals surface area contributed by atoms with E-state index in [4.69, 9.17) is 5.73 Å². The summed E-state index contributed by atoms with van der Waals surface area (Å²) in [7, 11) is 1.89. The summed E-state index contributed by atoms with van der Waals surface area (Å²) >= 11 is 0. The molecule has 0 spiro atoms. The standard InChI is InChI=1S/C11H13N7/c1-3-7-6(4-18(2)17-7)8-9-10(14-5-13-9)16-11(12)15-8/h4-5H,3H2,1-2H3,(H3,12,13,14,15,16). The Morgan fingerprint density at radius 2 is 2.22 bits per heavy atom. The van der Waals surface area contributed by atoms with Crippen LogP contribution in [-0.2, 0) is 13.5 Å². The number of aryl methyl sites for hydroxylation is 2. The van der Waals surface area contributed by atoms with Crippen LogP contribution in [0.3, 0.4) is 0 Å². The summed E-state index contributed by atoms with van der Waals surface area (Å²) in [6.45, 7) is 2.06. The van der Waals surface area contributed by atoms with E-state index in [0.29, 0.717) is 5.65 Å². The van der Waals surface area contributed by atoms with Crippen LogP contribution >= 0.6 is 0 Å². The van der Waals surface area contributed by atoms with Crippen LogP contribution in [0.15, 0.2) is 12.5 Å². The minimum atomic E-state index is 0.218. The van der Waals surface area contributed by atoms with E-state index < -0.39 is 0 Å². The highest BCUT2D eigenvalue weighted by molar-refractivity contribution is 5.88. The Morgan fingerprint density at radius 3 is 3.00 bits per heavy atom. The number of nitrogens with zero attached hydrogens (tertiary/aromatic N) is 5.